The second-order valence-corrected chi connectivity index (χ2v) is 12.8. The Morgan fingerprint density at radius 1 is 0.872 bits per heavy atom. The molecular formula is C33H32Cl2F6N4O2. The van der Waals surface area contributed by atoms with Crippen LogP contribution in [0.5, 0.6) is 0 Å². The van der Waals surface area contributed by atoms with E-state index < -0.39 is 46.5 Å². The third-order valence-electron chi connectivity index (χ3n) is 9.01. The van der Waals surface area contributed by atoms with E-state index in [0.29, 0.717) is 31.6 Å². The van der Waals surface area contributed by atoms with E-state index in [2.05, 4.69) is 0 Å². The van der Waals surface area contributed by atoms with Crippen molar-refractivity contribution in [3.8, 4) is 0 Å². The van der Waals surface area contributed by atoms with E-state index in [1.807, 2.05) is 17.0 Å². The lowest BCUT2D eigenvalue weighted by atomic mass is 9.72. The number of halogens is 8. The van der Waals surface area contributed by atoms with Gasteiger partial charge in [0.05, 0.1) is 27.3 Å². The zero-order valence-corrected chi connectivity index (χ0v) is 26.7. The molecule has 2 fully saturated rings. The number of likely N-dealkylation sites (tertiary alicyclic amines) is 1. The van der Waals surface area contributed by atoms with E-state index in [1.165, 1.54) is 30.0 Å². The number of Topliss-reactive ketones (excluding diaryl/α,β-unsaturated/α-hetero) is 1. The van der Waals surface area contributed by atoms with Crippen LogP contribution in [0, 0.1) is 0 Å². The first-order valence-electron chi connectivity index (χ1n) is 14.9. The summed E-state index contributed by atoms with van der Waals surface area (Å²) in [5.41, 5.74) is 1.68. The highest BCUT2D eigenvalue weighted by Crippen LogP contribution is 2.46. The molecule has 6 nitrogen and oxygen atoms in total. The minimum Gasteiger partial charge on any atom is -0.325 e. The summed E-state index contributed by atoms with van der Waals surface area (Å²) in [5, 5.41) is 0.222. The highest BCUT2D eigenvalue weighted by Gasteiger charge is 2.52. The van der Waals surface area contributed by atoms with Crippen LogP contribution >= 0.6 is 23.2 Å². The fraction of sp³-hybridized carbons (Fsp3) is 0.394. The van der Waals surface area contributed by atoms with Crippen LogP contribution in [0.3, 0.4) is 0 Å². The minimum absolute atomic E-state index is 0.00389. The first kappa shape index (κ1) is 35.2. The number of piperazine rings is 1. The molecule has 0 saturated carbocycles. The molecule has 2 aliphatic rings. The molecule has 252 valence electrons. The van der Waals surface area contributed by atoms with Crippen LogP contribution < -0.4 is 5.73 Å². The predicted octanol–water partition coefficient (Wildman–Crippen LogP) is 7.22. The largest absolute Gasteiger partial charge is 0.416 e. The van der Waals surface area contributed by atoms with E-state index in [1.54, 1.807) is 23.1 Å². The molecule has 3 aromatic carbocycles. The van der Waals surface area contributed by atoms with Crippen molar-refractivity contribution in [1.29, 1.82) is 0 Å². The van der Waals surface area contributed by atoms with Crippen molar-refractivity contribution in [2.45, 2.75) is 56.4 Å². The summed E-state index contributed by atoms with van der Waals surface area (Å²) in [6, 6.07) is 14.0. The molecule has 0 bridgehead atoms. The Hall–Kier alpha value is -3.16. The molecule has 0 aromatic heterocycles. The average Bonchev–Trinajstić information content (AvgIpc) is 3.01. The van der Waals surface area contributed by atoms with Crippen molar-refractivity contribution in [3.05, 3.63) is 105 Å². The summed E-state index contributed by atoms with van der Waals surface area (Å²) in [4.78, 5) is 32.4. The highest BCUT2D eigenvalue weighted by atomic mass is 35.5. The van der Waals surface area contributed by atoms with Crippen LogP contribution in [0.15, 0.2) is 66.7 Å². The van der Waals surface area contributed by atoms with Gasteiger partial charge in [-0.1, -0.05) is 59.6 Å². The van der Waals surface area contributed by atoms with Crippen LogP contribution in [-0.4, -0.2) is 64.8 Å². The molecule has 47 heavy (non-hydrogen) atoms. The summed E-state index contributed by atoms with van der Waals surface area (Å²) in [7, 11) is 0. The second-order valence-electron chi connectivity index (χ2n) is 11.9. The Morgan fingerprint density at radius 3 is 2.06 bits per heavy atom. The predicted molar refractivity (Wildman–Crippen MR) is 166 cm³/mol. The van der Waals surface area contributed by atoms with E-state index in [9.17, 15) is 35.9 Å². The van der Waals surface area contributed by atoms with E-state index in [0.717, 1.165) is 5.56 Å². The quantitative estimate of drug-likeness (QED) is 0.217. The van der Waals surface area contributed by atoms with Crippen molar-refractivity contribution in [2.24, 2.45) is 5.73 Å². The maximum absolute atomic E-state index is 15.0. The van der Waals surface area contributed by atoms with Crippen molar-refractivity contribution in [3.63, 3.8) is 0 Å². The molecular weight excluding hydrogens is 669 g/mol. The van der Waals surface area contributed by atoms with E-state index in [4.69, 9.17) is 28.9 Å². The fourth-order valence-corrected chi connectivity index (χ4v) is 7.00. The summed E-state index contributed by atoms with van der Waals surface area (Å²) in [6.45, 7) is 2.80. The molecule has 3 atom stereocenters. The lowest BCUT2D eigenvalue weighted by molar-refractivity contribution is -0.143. The number of carbonyl (C=O) groups excluding carboxylic acids is 2. The molecule has 0 aliphatic carbocycles. The third kappa shape index (κ3) is 7.31. The van der Waals surface area contributed by atoms with Gasteiger partial charge in [-0.25, -0.2) is 0 Å². The molecule has 14 heteroatoms. The molecule has 2 aliphatic heterocycles. The number of amides is 1. The van der Waals surface area contributed by atoms with Gasteiger partial charge in [0.15, 0.2) is 5.78 Å². The van der Waals surface area contributed by atoms with Crippen LogP contribution in [0.25, 0.3) is 0 Å². The summed E-state index contributed by atoms with van der Waals surface area (Å²) in [5.74, 6) is -1.14. The Balaban J connectivity index is 1.70. The number of ketones is 1. The highest BCUT2D eigenvalue weighted by molar-refractivity contribution is 6.42. The Kier molecular flexibility index (Phi) is 10.0. The third-order valence-corrected chi connectivity index (χ3v) is 9.75. The van der Waals surface area contributed by atoms with Crippen molar-refractivity contribution in [2.75, 3.05) is 26.2 Å². The molecule has 5 rings (SSSR count). The lowest BCUT2D eigenvalue weighted by Crippen LogP contribution is -2.64. The van der Waals surface area contributed by atoms with Gasteiger partial charge in [-0.3, -0.25) is 19.4 Å². The van der Waals surface area contributed by atoms with E-state index in [-0.39, 0.29) is 59.7 Å². The standard InChI is InChI=1S/C33H32Cl2F6N4O2/c1-20(46)45-12-11-43(19-29(45)42)26-9-10-44(18-21-5-3-2-4-6-21)31(17-26,23-7-8-27(34)28(35)16-23)30(47)22-13-24(32(36,37)38)15-25(14-22)33(39,40)41/h2-8,13-16,26,29H,9-12,17-19,42H2,1H3. The zero-order valence-electron chi connectivity index (χ0n) is 25.2. The molecule has 2 N–H and O–H groups in total. The Labute approximate surface area is 278 Å². The number of benzene rings is 3. The van der Waals surface area contributed by atoms with Gasteiger partial charge < -0.3 is 10.6 Å². The van der Waals surface area contributed by atoms with Crippen LogP contribution in [0.2, 0.25) is 10.0 Å². The summed E-state index contributed by atoms with van der Waals surface area (Å²) >= 11 is 12.7. The minimum atomic E-state index is -5.15. The molecule has 3 aromatic rings. The number of alkyl halides is 6. The van der Waals surface area contributed by atoms with Crippen LogP contribution in [0.1, 0.15) is 52.4 Å². The topological polar surface area (TPSA) is 69.9 Å². The molecule has 0 radical (unpaired) electrons. The smallest absolute Gasteiger partial charge is 0.325 e. The van der Waals surface area contributed by atoms with Gasteiger partial charge in [0, 0.05) is 51.3 Å². The normalized spacial score (nSPS) is 23.1. The number of hydrogen-bond acceptors (Lipinski definition) is 5. The van der Waals surface area contributed by atoms with Gasteiger partial charge in [0.25, 0.3) is 0 Å². The van der Waals surface area contributed by atoms with Gasteiger partial charge in [-0.15, -0.1) is 0 Å². The van der Waals surface area contributed by atoms with Crippen molar-refractivity contribution < 1.29 is 35.9 Å². The van der Waals surface area contributed by atoms with Crippen LogP contribution in [-0.2, 0) is 29.2 Å². The first-order chi connectivity index (χ1) is 22.0. The first-order valence-corrected chi connectivity index (χ1v) is 15.6. The maximum Gasteiger partial charge on any atom is 0.416 e. The second kappa shape index (κ2) is 13.4. The number of nitrogens with zero attached hydrogens (tertiary/aromatic N) is 3. The number of carbonyl (C=O) groups is 2. The lowest BCUT2D eigenvalue weighted by Gasteiger charge is -2.53. The fourth-order valence-electron chi connectivity index (χ4n) is 6.70. The average molecular weight is 702 g/mol. The molecule has 2 heterocycles. The summed E-state index contributed by atoms with van der Waals surface area (Å²) in [6.07, 6.45) is -10.5. The van der Waals surface area contributed by atoms with Gasteiger partial charge in [-0.2, -0.15) is 26.3 Å². The Bertz CT molecular complexity index is 1610. The monoisotopic (exact) mass is 700 g/mol. The SMILES string of the molecule is CC(=O)N1CCN(C2CCN(Cc3ccccc3)C(C(=O)c3cc(C(F)(F)F)cc(C(F)(F)F)c3)(c3ccc(Cl)c(Cl)c3)C2)CC1N. The molecule has 2 saturated heterocycles. The molecule has 3 unspecified atom stereocenters. The van der Waals surface area contributed by atoms with Gasteiger partial charge in [0.2, 0.25) is 5.91 Å². The number of hydrogen-bond donors (Lipinski definition) is 1. The van der Waals surface area contributed by atoms with Crippen molar-refractivity contribution >= 4 is 34.9 Å². The molecule has 0 spiro atoms. The number of rotatable bonds is 6. The number of nitrogens with two attached hydrogens (primary N) is 1. The molecule has 1 amide bonds. The van der Waals surface area contributed by atoms with Gasteiger partial charge >= 0.3 is 12.4 Å². The van der Waals surface area contributed by atoms with Crippen LogP contribution in [0.4, 0.5) is 26.3 Å². The van der Waals surface area contributed by atoms with Gasteiger partial charge in [-0.05, 0) is 54.3 Å². The Morgan fingerprint density at radius 2 is 1.51 bits per heavy atom. The van der Waals surface area contributed by atoms with E-state index >= 15 is 0 Å². The number of piperidine rings is 1. The summed E-state index contributed by atoms with van der Waals surface area (Å²) < 4.78 is 83.9. The zero-order chi connectivity index (χ0) is 34.3. The van der Waals surface area contributed by atoms with Crippen molar-refractivity contribution in [1.82, 2.24) is 14.7 Å². The van der Waals surface area contributed by atoms with Gasteiger partial charge in [0.1, 0.15) is 5.54 Å². The maximum atomic E-state index is 15.0.